The maximum absolute atomic E-state index is 12.9. The van der Waals surface area contributed by atoms with E-state index in [2.05, 4.69) is 40.9 Å². The van der Waals surface area contributed by atoms with Crippen LogP contribution >= 0.6 is 0 Å². The molecule has 0 aliphatic carbocycles. The van der Waals surface area contributed by atoms with Crippen LogP contribution < -0.4 is 10.0 Å². The minimum Gasteiger partial charge on any atom is -0.377 e. The highest BCUT2D eigenvalue weighted by atomic mass is 32.2. The van der Waals surface area contributed by atoms with Gasteiger partial charge in [-0.15, -0.1) is 0 Å². The molecular weight excluding hydrogens is 426 g/mol. The first-order chi connectivity index (χ1) is 15.4. The van der Waals surface area contributed by atoms with Crippen LogP contribution in [-0.2, 0) is 14.8 Å². The number of likely N-dealkylation sites (N-methyl/N-ethyl adjacent to an activating group) is 1. The van der Waals surface area contributed by atoms with Gasteiger partial charge in [0.2, 0.25) is 10.0 Å². The van der Waals surface area contributed by atoms with E-state index in [0.717, 1.165) is 31.5 Å². The van der Waals surface area contributed by atoms with Crippen LogP contribution in [0.4, 0.5) is 0 Å². The number of hydrogen-bond acceptors (Lipinski definition) is 5. The molecule has 2 unspecified atom stereocenters. The van der Waals surface area contributed by atoms with Crippen molar-refractivity contribution in [2.24, 2.45) is 0 Å². The average Bonchev–Trinajstić information content (AvgIpc) is 3.35. The fourth-order valence-corrected chi connectivity index (χ4v) is 5.10. The van der Waals surface area contributed by atoms with Gasteiger partial charge in [0.1, 0.15) is 0 Å². The highest BCUT2D eigenvalue weighted by Crippen LogP contribution is 2.20. The molecule has 1 aliphatic heterocycles. The van der Waals surface area contributed by atoms with Gasteiger partial charge in [-0.1, -0.05) is 50.2 Å². The number of nitrogens with one attached hydrogen (secondary N) is 2. The lowest BCUT2D eigenvalue weighted by atomic mass is 10.0. The molecule has 1 heterocycles. The third-order valence-electron chi connectivity index (χ3n) is 5.82. The molecule has 0 bridgehead atoms. The molecule has 8 heteroatoms. The normalized spacial score (nSPS) is 17.4. The monoisotopic (exact) mass is 459 g/mol. The molecular formula is C24H33N3O4S. The Balaban J connectivity index is 1.67. The number of ether oxygens (including phenoxy) is 1. The number of rotatable bonds is 11. The van der Waals surface area contributed by atoms with Crippen molar-refractivity contribution in [1.29, 1.82) is 0 Å². The van der Waals surface area contributed by atoms with Crippen molar-refractivity contribution in [3.63, 3.8) is 0 Å². The summed E-state index contributed by atoms with van der Waals surface area (Å²) in [5.74, 6) is -0.297. The molecule has 2 N–H and O–H groups in total. The molecule has 1 saturated heterocycles. The summed E-state index contributed by atoms with van der Waals surface area (Å²) in [6.07, 6.45) is 1.70. The first-order valence-corrected chi connectivity index (χ1v) is 12.7. The molecule has 32 heavy (non-hydrogen) atoms. The molecule has 2 aromatic rings. The molecule has 7 nitrogen and oxygen atoms in total. The Kier molecular flexibility index (Phi) is 8.81. The molecule has 174 valence electrons. The van der Waals surface area contributed by atoms with Gasteiger partial charge < -0.3 is 10.1 Å². The minimum atomic E-state index is -3.72. The number of carbonyl (C=O) groups excluding carboxylic acids is 1. The Morgan fingerprint density at radius 2 is 1.88 bits per heavy atom. The molecule has 2 atom stereocenters. The molecule has 1 fully saturated rings. The Labute approximate surface area is 191 Å². The summed E-state index contributed by atoms with van der Waals surface area (Å²) in [4.78, 5) is 15.2. The minimum absolute atomic E-state index is 0.0372. The summed E-state index contributed by atoms with van der Waals surface area (Å²) in [6.45, 7) is 7.24. The Morgan fingerprint density at radius 1 is 1.12 bits per heavy atom. The van der Waals surface area contributed by atoms with Crippen LogP contribution in [0, 0.1) is 0 Å². The van der Waals surface area contributed by atoms with E-state index in [1.807, 2.05) is 18.2 Å². The van der Waals surface area contributed by atoms with Crippen LogP contribution in [0.15, 0.2) is 59.5 Å². The summed E-state index contributed by atoms with van der Waals surface area (Å²) in [5.41, 5.74) is 1.45. The third-order valence-corrected chi connectivity index (χ3v) is 7.25. The van der Waals surface area contributed by atoms with Crippen LogP contribution in [0.1, 0.15) is 48.7 Å². The molecule has 1 aliphatic rings. The summed E-state index contributed by atoms with van der Waals surface area (Å²) in [7, 11) is -3.72. The number of sulfonamides is 1. The fraction of sp³-hybridized carbons (Fsp3) is 0.458. The van der Waals surface area contributed by atoms with Crippen molar-refractivity contribution in [2.45, 2.75) is 43.7 Å². The highest BCUT2D eigenvalue weighted by Gasteiger charge is 2.22. The first-order valence-electron chi connectivity index (χ1n) is 11.2. The maximum atomic E-state index is 12.9. The highest BCUT2D eigenvalue weighted by molar-refractivity contribution is 7.89. The van der Waals surface area contributed by atoms with Crippen LogP contribution in [0.3, 0.4) is 0 Å². The van der Waals surface area contributed by atoms with Gasteiger partial charge in [-0.25, -0.2) is 13.1 Å². The van der Waals surface area contributed by atoms with E-state index in [0.29, 0.717) is 18.7 Å². The van der Waals surface area contributed by atoms with Crippen LogP contribution in [0.2, 0.25) is 0 Å². The van der Waals surface area contributed by atoms with Gasteiger partial charge in [0.25, 0.3) is 5.91 Å². The Bertz CT molecular complexity index is 972. The number of amides is 1. The van der Waals surface area contributed by atoms with Gasteiger partial charge in [-0.3, -0.25) is 9.69 Å². The van der Waals surface area contributed by atoms with Crippen LogP contribution in [0.5, 0.6) is 0 Å². The second-order valence-electron chi connectivity index (χ2n) is 7.87. The van der Waals surface area contributed by atoms with Crippen molar-refractivity contribution in [3.8, 4) is 0 Å². The van der Waals surface area contributed by atoms with Gasteiger partial charge in [0.05, 0.1) is 17.0 Å². The number of nitrogens with zero attached hydrogens (tertiary/aromatic N) is 1. The lowest BCUT2D eigenvalue weighted by Crippen LogP contribution is -2.38. The van der Waals surface area contributed by atoms with Crippen molar-refractivity contribution in [1.82, 2.24) is 14.9 Å². The van der Waals surface area contributed by atoms with E-state index < -0.39 is 10.0 Å². The molecule has 0 saturated carbocycles. The molecule has 0 aromatic heterocycles. The molecule has 2 aromatic carbocycles. The summed E-state index contributed by atoms with van der Waals surface area (Å²) >= 11 is 0. The topological polar surface area (TPSA) is 87.7 Å². The van der Waals surface area contributed by atoms with Gasteiger partial charge in [0.15, 0.2) is 0 Å². The maximum Gasteiger partial charge on any atom is 0.251 e. The summed E-state index contributed by atoms with van der Waals surface area (Å²) < 4.78 is 33.4. The summed E-state index contributed by atoms with van der Waals surface area (Å²) in [5, 5.41) is 2.99. The zero-order chi connectivity index (χ0) is 23.0. The van der Waals surface area contributed by atoms with Gasteiger partial charge in [-0.05, 0) is 49.7 Å². The molecule has 0 spiro atoms. The summed E-state index contributed by atoms with van der Waals surface area (Å²) in [6, 6.07) is 16.2. The van der Waals surface area contributed by atoms with Gasteiger partial charge in [0, 0.05) is 25.3 Å². The number of carbonyl (C=O) groups is 1. The van der Waals surface area contributed by atoms with Gasteiger partial charge in [-0.2, -0.15) is 0 Å². The quantitative estimate of drug-likeness (QED) is 0.539. The van der Waals surface area contributed by atoms with Crippen molar-refractivity contribution >= 4 is 15.9 Å². The number of benzene rings is 2. The molecule has 0 radical (unpaired) electrons. The second kappa shape index (κ2) is 11.6. The van der Waals surface area contributed by atoms with E-state index in [-0.39, 0.29) is 29.5 Å². The zero-order valence-corrected chi connectivity index (χ0v) is 19.6. The first kappa shape index (κ1) is 24.4. The van der Waals surface area contributed by atoms with E-state index in [9.17, 15) is 13.2 Å². The fourth-order valence-electron chi connectivity index (χ4n) is 3.98. The molecule has 3 rings (SSSR count). The number of hydrogen-bond donors (Lipinski definition) is 2. The van der Waals surface area contributed by atoms with Crippen molar-refractivity contribution in [3.05, 3.63) is 65.7 Å². The van der Waals surface area contributed by atoms with Crippen LogP contribution in [0.25, 0.3) is 0 Å². The van der Waals surface area contributed by atoms with E-state index >= 15 is 0 Å². The van der Waals surface area contributed by atoms with Crippen molar-refractivity contribution in [2.75, 3.05) is 32.8 Å². The van der Waals surface area contributed by atoms with E-state index in [4.69, 9.17) is 4.74 Å². The smallest absolute Gasteiger partial charge is 0.251 e. The Morgan fingerprint density at radius 3 is 2.53 bits per heavy atom. The van der Waals surface area contributed by atoms with Crippen molar-refractivity contribution < 1.29 is 17.9 Å². The second-order valence-corrected chi connectivity index (χ2v) is 9.64. The van der Waals surface area contributed by atoms with Gasteiger partial charge >= 0.3 is 0 Å². The zero-order valence-electron chi connectivity index (χ0n) is 18.8. The SMILES string of the molecule is CCN(CC)C(CNC(=O)c1cccc(S(=O)(=O)NCC2CCCO2)c1)c1ccccc1. The predicted octanol–water partition coefficient (Wildman–Crippen LogP) is 2.96. The predicted molar refractivity (Wildman–Crippen MR) is 125 cm³/mol. The Hall–Kier alpha value is -2.26. The standard InChI is InChI=1S/C24H33N3O4S/c1-3-27(4-2)23(19-10-6-5-7-11-19)18-25-24(28)20-12-8-14-22(16-20)32(29,30)26-17-21-13-9-15-31-21/h5-8,10-12,14,16,21,23,26H,3-4,9,13,15,17-18H2,1-2H3,(H,25,28). The van der Waals surface area contributed by atoms with E-state index in [1.54, 1.807) is 12.1 Å². The van der Waals surface area contributed by atoms with Crippen LogP contribution in [-0.4, -0.2) is 58.1 Å². The molecule has 1 amide bonds. The largest absolute Gasteiger partial charge is 0.377 e. The average molecular weight is 460 g/mol. The lowest BCUT2D eigenvalue weighted by molar-refractivity contribution is 0.0934. The lowest BCUT2D eigenvalue weighted by Gasteiger charge is -2.30. The van der Waals surface area contributed by atoms with E-state index in [1.165, 1.54) is 12.1 Å². The third kappa shape index (κ3) is 6.38.